The Kier molecular flexibility index (Phi) is 6.08. The molecule has 0 spiro atoms. The van der Waals surface area contributed by atoms with E-state index in [1.165, 1.54) is 7.11 Å². The third-order valence-electron chi connectivity index (χ3n) is 2.46. The van der Waals surface area contributed by atoms with Gasteiger partial charge in [0.1, 0.15) is 0 Å². The number of methoxy groups -OCH3 is 1. The van der Waals surface area contributed by atoms with E-state index in [9.17, 15) is 4.79 Å². The van der Waals surface area contributed by atoms with Crippen LogP contribution in [0.1, 0.15) is 29.3 Å². The van der Waals surface area contributed by atoms with Crippen LogP contribution in [-0.2, 0) is 10.5 Å². The maximum atomic E-state index is 11.4. The molecule has 0 fully saturated rings. The molecule has 0 aliphatic heterocycles. The summed E-state index contributed by atoms with van der Waals surface area (Å²) in [6.07, 6.45) is 1.02. The Morgan fingerprint density at radius 2 is 2.29 bits per heavy atom. The van der Waals surface area contributed by atoms with Gasteiger partial charge in [0, 0.05) is 11.0 Å². The average Bonchev–Trinajstić information content (AvgIpc) is 2.36. The van der Waals surface area contributed by atoms with Crippen molar-refractivity contribution in [3.63, 3.8) is 0 Å². The maximum Gasteiger partial charge on any atom is 0.337 e. The first-order valence-corrected chi connectivity index (χ1v) is 6.71. The van der Waals surface area contributed by atoms with Gasteiger partial charge in [0.15, 0.2) is 0 Å². The van der Waals surface area contributed by atoms with Gasteiger partial charge in [-0.1, -0.05) is 19.1 Å². The van der Waals surface area contributed by atoms with Gasteiger partial charge in [-0.25, -0.2) is 4.79 Å². The molecule has 2 N–H and O–H groups in total. The largest absolute Gasteiger partial charge is 0.465 e. The fourth-order valence-corrected chi connectivity index (χ4v) is 2.42. The molecule has 0 saturated carbocycles. The smallest absolute Gasteiger partial charge is 0.337 e. The van der Waals surface area contributed by atoms with Crippen molar-refractivity contribution in [2.45, 2.75) is 24.3 Å². The molecule has 1 rings (SSSR count). The molecular formula is C13H19NO2S. The number of benzene rings is 1. The molecule has 0 amide bonds. The normalized spacial score (nSPS) is 12.2. The van der Waals surface area contributed by atoms with Gasteiger partial charge in [-0.2, -0.15) is 11.8 Å². The predicted octanol–water partition coefficient (Wildman–Crippen LogP) is 2.44. The zero-order valence-electron chi connectivity index (χ0n) is 10.3. The molecule has 0 aliphatic rings. The van der Waals surface area contributed by atoms with Crippen molar-refractivity contribution in [3.8, 4) is 0 Å². The number of hydrogen-bond donors (Lipinski definition) is 1. The summed E-state index contributed by atoms with van der Waals surface area (Å²) in [6.45, 7) is 2.89. The lowest BCUT2D eigenvalue weighted by molar-refractivity contribution is 0.0600. The highest BCUT2D eigenvalue weighted by Crippen LogP contribution is 2.20. The van der Waals surface area contributed by atoms with Crippen molar-refractivity contribution in [2.24, 2.45) is 5.73 Å². The second-order valence-corrected chi connectivity index (χ2v) is 5.32. The average molecular weight is 253 g/mol. The van der Waals surface area contributed by atoms with Crippen LogP contribution in [0.5, 0.6) is 0 Å². The van der Waals surface area contributed by atoms with Gasteiger partial charge in [-0.3, -0.25) is 0 Å². The molecular weight excluding hydrogens is 234 g/mol. The van der Waals surface area contributed by atoms with E-state index in [4.69, 9.17) is 10.5 Å². The van der Waals surface area contributed by atoms with Crippen molar-refractivity contribution < 1.29 is 9.53 Å². The number of hydrogen-bond acceptors (Lipinski definition) is 4. The minimum Gasteiger partial charge on any atom is -0.465 e. The van der Waals surface area contributed by atoms with Gasteiger partial charge < -0.3 is 10.5 Å². The second kappa shape index (κ2) is 7.35. The minimum absolute atomic E-state index is 0.285. The molecule has 17 heavy (non-hydrogen) atoms. The van der Waals surface area contributed by atoms with Crippen molar-refractivity contribution in [2.75, 3.05) is 13.7 Å². The second-order valence-electron chi connectivity index (χ2n) is 3.89. The third-order valence-corrected chi connectivity index (χ3v) is 3.76. The van der Waals surface area contributed by atoms with E-state index in [0.29, 0.717) is 10.8 Å². The molecule has 94 valence electrons. The van der Waals surface area contributed by atoms with Crippen LogP contribution in [0.4, 0.5) is 0 Å². The van der Waals surface area contributed by atoms with Crippen LogP contribution in [0.3, 0.4) is 0 Å². The highest BCUT2D eigenvalue weighted by Gasteiger charge is 2.07. The Bertz CT molecular complexity index is 368. The molecule has 0 aromatic heterocycles. The Morgan fingerprint density at radius 1 is 1.53 bits per heavy atom. The molecule has 1 aromatic carbocycles. The van der Waals surface area contributed by atoms with Crippen LogP contribution < -0.4 is 5.73 Å². The van der Waals surface area contributed by atoms with Gasteiger partial charge in [0.25, 0.3) is 0 Å². The van der Waals surface area contributed by atoms with Gasteiger partial charge in [-0.05, 0) is 30.7 Å². The maximum absolute atomic E-state index is 11.4. The number of ether oxygens (including phenoxy) is 1. The Balaban J connectivity index is 2.57. The SMILES string of the molecule is COC(=O)c1cccc(CSC(C)CCN)c1. The van der Waals surface area contributed by atoms with E-state index in [-0.39, 0.29) is 5.97 Å². The predicted molar refractivity (Wildman–Crippen MR) is 72.2 cm³/mol. The lowest BCUT2D eigenvalue weighted by atomic mass is 10.1. The van der Waals surface area contributed by atoms with Crippen molar-refractivity contribution in [1.82, 2.24) is 0 Å². The summed E-state index contributed by atoms with van der Waals surface area (Å²) >= 11 is 1.85. The Morgan fingerprint density at radius 3 is 2.94 bits per heavy atom. The summed E-state index contributed by atoms with van der Waals surface area (Å²) in [5.74, 6) is 0.610. The fraction of sp³-hybridized carbons (Fsp3) is 0.462. The van der Waals surface area contributed by atoms with Gasteiger partial charge >= 0.3 is 5.97 Å². The molecule has 1 unspecified atom stereocenters. The van der Waals surface area contributed by atoms with E-state index in [0.717, 1.165) is 24.3 Å². The van der Waals surface area contributed by atoms with Gasteiger partial charge in [0.2, 0.25) is 0 Å². The number of carbonyl (C=O) groups is 1. The van der Waals surface area contributed by atoms with Crippen LogP contribution in [0.25, 0.3) is 0 Å². The minimum atomic E-state index is -0.285. The van der Waals surface area contributed by atoms with Crippen LogP contribution >= 0.6 is 11.8 Å². The summed E-state index contributed by atoms with van der Waals surface area (Å²) in [4.78, 5) is 11.4. The van der Waals surface area contributed by atoms with Crippen LogP contribution in [0.15, 0.2) is 24.3 Å². The summed E-state index contributed by atoms with van der Waals surface area (Å²) in [5.41, 5.74) is 7.25. The topological polar surface area (TPSA) is 52.3 Å². The summed E-state index contributed by atoms with van der Waals surface area (Å²) in [6, 6.07) is 7.56. The summed E-state index contributed by atoms with van der Waals surface area (Å²) < 4.78 is 4.69. The van der Waals surface area contributed by atoms with E-state index in [1.54, 1.807) is 6.07 Å². The number of rotatable bonds is 6. The number of esters is 1. The van der Waals surface area contributed by atoms with Crippen molar-refractivity contribution in [3.05, 3.63) is 35.4 Å². The molecule has 4 heteroatoms. The van der Waals surface area contributed by atoms with Crippen molar-refractivity contribution in [1.29, 1.82) is 0 Å². The van der Waals surface area contributed by atoms with Crippen molar-refractivity contribution >= 4 is 17.7 Å². The number of nitrogens with two attached hydrogens (primary N) is 1. The zero-order valence-corrected chi connectivity index (χ0v) is 11.1. The zero-order chi connectivity index (χ0) is 12.7. The molecule has 0 radical (unpaired) electrons. The van der Waals surface area contributed by atoms with Crippen LogP contribution in [-0.4, -0.2) is 24.9 Å². The fourth-order valence-electron chi connectivity index (χ4n) is 1.46. The first kappa shape index (κ1) is 14.1. The quantitative estimate of drug-likeness (QED) is 0.791. The first-order chi connectivity index (χ1) is 8.17. The number of thioether (sulfide) groups is 1. The van der Waals surface area contributed by atoms with E-state index in [1.807, 2.05) is 30.0 Å². The molecule has 0 heterocycles. The van der Waals surface area contributed by atoms with Gasteiger partial charge in [-0.15, -0.1) is 0 Å². The molecule has 3 nitrogen and oxygen atoms in total. The highest BCUT2D eigenvalue weighted by atomic mass is 32.2. The standard InChI is InChI=1S/C13H19NO2S/c1-10(6-7-14)17-9-11-4-3-5-12(8-11)13(15)16-2/h3-5,8,10H,6-7,9,14H2,1-2H3. The van der Waals surface area contributed by atoms with Crippen LogP contribution in [0, 0.1) is 0 Å². The highest BCUT2D eigenvalue weighted by molar-refractivity contribution is 7.99. The lowest BCUT2D eigenvalue weighted by Gasteiger charge is -2.10. The molecule has 1 aromatic rings. The summed E-state index contributed by atoms with van der Waals surface area (Å²) in [5, 5.41) is 0.543. The number of carbonyl (C=O) groups excluding carboxylic acids is 1. The first-order valence-electron chi connectivity index (χ1n) is 5.66. The summed E-state index contributed by atoms with van der Waals surface area (Å²) in [7, 11) is 1.40. The van der Waals surface area contributed by atoms with E-state index >= 15 is 0 Å². The molecule has 0 bridgehead atoms. The third kappa shape index (κ3) is 4.79. The lowest BCUT2D eigenvalue weighted by Crippen LogP contribution is -2.07. The Labute approximate surface area is 107 Å². The van der Waals surface area contributed by atoms with Gasteiger partial charge in [0.05, 0.1) is 12.7 Å². The van der Waals surface area contributed by atoms with E-state index in [2.05, 4.69) is 6.92 Å². The van der Waals surface area contributed by atoms with Crippen LogP contribution in [0.2, 0.25) is 0 Å². The molecule has 0 aliphatic carbocycles. The van der Waals surface area contributed by atoms with E-state index < -0.39 is 0 Å². The molecule has 1 atom stereocenters. The molecule has 0 saturated heterocycles. The Hall–Kier alpha value is -1.00. The monoisotopic (exact) mass is 253 g/mol.